The van der Waals surface area contributed by atoms with E-state index in [4.69, 9.17) is 4.74 Å². The fourth-order valence-electron chi connectivity index (χ4n) is 4.07. The van der Waals surface area contributed by atoms with E-state index in [1.54, 1.807) is 60.0 Å². The lowest BCUT2D eigenvalue weighted by Gasteiger charge is -2.15. The molecule has 9 heteroatoms. The predicted octanol–water partition coefficient (Wildman–Crippen LogP) is 6.07. The van der Waals surface area contributed by atoms with E-state index in [2.05, 4.69) is 45.7 Å². The Kier molecular flexibility index (Phi) is 8.42. The van der Waals surface area contributed by atoms with Crippen molar-refractivity contribution in [1.82, 2.24) is 20.7 Å². The van der Waals surface area contributed by atoms with Crippen LogP contribution >= 0.6 is 11.3 Å². The number of pyridine rings is 1. The number of carbonyl (C=O) groups is 1. The number of carbonyl (C=O) groups excluding carboxylic acids is 1. The zero-order valence-corrected chi connectivity index (χ0v) is 22.2. The molecule has 3 heterocycles. The maximum absolute atomic E-state index is 14.8. The summed E-state index contributed by atoms with van der Waals surface area (Å²) in [5.74, 6) is -0.597. The van der Waals surface area contributed by atoms with E-state index in [-0.39, 0.29) is 25.2 Å². The van der Waals surface area contributed by atoms with Gasteiger partial charge in [-0.15, -0.1) is 11.3 Å². The third-order valence-corrected chi connectivity index (χ3v) is 7.28. The lowest BCUT2D eigenvalue weighted by molar-refractivity contribution is 0.0844. The van der Waals surface area contributed by atoms with Gasteiger partial charge in [0, 0.05) is 41.1 Å². The molecule has 0 spiro atoms. The molecule has 2 aromatic heterocycles. The van der Waals surface area contributed by atoms with Crippen molar-refractivity contribution in [3.8, 4) is 0 Å². The molecule has 198 valence electrons. The molecule has 39 heavy (non-hydrogen) atoms. The molecule has 0 saturated carbocycles. The van der Waals surface area contributed by atoms with Gasteiger partial charge in [0.15, 0.2) is 0 Å². The first-order chi connectivity index (χ1) is 19.1. The summed E-state index contributed by atoms with van der Waals surface area (Å²) in [4.78, 5) is 19.7. The lowest BCUT2D eigenvalue weighted by Crippen LogP contribution is -2.39. The third kappa shape index (κ3) is 6.77. The van der Waals surface area contributed by atoms with Gasteiger partial charge in [0.25, 0.3) is 5.91 Å². The second-order valence-corrected chi connectivity index (χ2v) is 9.92. The Bertz CT molecular complexity index is 1550. The number of benzene rings is 2. The summed E-state index contributed by atoms with van der Waals surface area (Å²) < 4.78 is 21.3. The van der Waals surface area contributed by atoms with Crippen LogP contribution in [0.4, 0.5) is 10.1 Å². The molecule has 7 nitrogen and oxygen atoms in total. The molecule has 0 atom stereocenters. The zero-order chi connectivity index (χ0) is 27.0. The van der Waals surface area contributed by atoms with Gasteiger partial charge in [-0.25, -0.2) is 9.82 Å². The highest BCUT2D eigenvalue weighted by Gasteiger charge is 2.12. The topological polar surface area (TPSA) is 78.5 Å². The molecule has 2 aromatic carbocycles. The van der Waals surface area contributed by atoms with Gasteiger partial charge >= 0.3 is 0 Å². The first kappa shape index (κ1) is 26.3. The van der Waals surface area contributed by atoms with Crippen molar-refractivity contribution >= 4 is 50.9 Å². The Morgan fingerprint density at radius 3 is 2.77 bits per heavy atom. The Morgan fingerprint density at radius 2 is 1.95 bits per heavy atom. The van der Waals surface area contributed by atoms with Crippen LogP contribution in [0, 0.1) is 5.82 Å². The van der Waals surface area contributed by atoms with E-state index in [1.165, 1.54) is 16.5 Å². The largest absolute Gasteiger partial charge is 0.363 e. The van der Waals surface area contributed by atoms with Crippen LogP contribution in [0.15, 0.2) is 85.3 Å². The number of hydrogen-bond acceptors (Lipinski definition) is 7. The minimum atomic E-state index is -0.344. The molecular weight excluding hydrogens is 513 g/mol. The first-order valence-corrected chi connectivity index (χ1v) is 13.2. The van der Waals surface area contributed by atoms with Crippen LogP contribution in [0.5, 0.6) is 0 Å². The maximum Gasteiger partial charge on any atom is 0.265 e. The SMILES string of the molecule is CN1C=CCC(c2cc3nccc(/C=C\c4ccc(NCOCNNC(=O)c5ccccc5)cc4F)c3s2)=C1. The van der Waals surface area contributed by atoms with Gasteiger partial charge in [-0.05, 0) is 66.2 Å². The van der Waals surface area contributed by atoms with Crippen LogP contribution in [0.2, 0.25) is 0 Å². The monoisotopic (exact) mass is 541 g/mol. The van der Waals surface area contributed by atoms with Gasteiger partial charge in [-0.2, -0.15) is 0 Å². The van der Waals surface area contributed by atoms with Gasteiger partial charge in [0.2, 0.25) is 0 Å². The van der Waals surface area contributed by atoms with Crippen molar-refractivity contribution in [3.05, 3.63) is 113 Å². The molecule has 0 saturated heterocycles. The molecule has 0 radical (unpaired) electrons. The number of allylic oxidation sites excluding steroid dienone is 2. The van der Waals surface area contributed by atoms with Crippen molar-refractivity contribution in [2.45, 2.75) is 6.42 Å². The normalized spacial score (nSPS) is 13.2. The van der Waals surface area contributed by atoms with E-state index in [0.717, 1.165) is 22.2 Å². The minimum Gasteiger partial charge on any atom is -0.363 e. The number of hydrazine groups is 1. The average Bonchev–Trinajstić information content (AvgIpc) is 3.40. The van der Waals surface area contributed by atoms with Crippen LogP contribution in [-0.4, -0.2) is 36.3 Å². The van der Waals surface area contributed by atoms with Gasteiger partial charge < -0.3 is 15.0 Å². The molecule has 0 aliphatic carbocycles. The van der Waals surface area contributed by atoms with Gasteiger partial charge in [0.1, 0.15) is 19.3 Å². The third-order valence-electron chi connectivity index (χ3n) is 6.03. The number of nitrogens with one attached hydrogen (secondary N) is 3. The maximum atomic E-state index is 14.8. The average molecular weight is 542 g/mol. The van der Waals surface area contributed by atoms with Gasteiger partial charge in [0.05, 0.1) is 10.2 Å². The molecule has 1 aliphatic heterocycles. The Hall–Kier alpha value is -4.31. The Balaban J connectivity index is 1.14. The van der Waals surface area contributed by atoms with Crippen molar-refractivity contribution < 1.29 is 13.9 Å². The number of amides is 1. The van der Waals surface area contributed by atoms with Crippen molar-refractivity contribution in [1.29, 1.82) is 0 Å². The van der Waals surface area contributed by atoms with Crippen molar-refractivity contribution in [3.63, 3.8) is 0 Å². The fourth-order valence-corrected chi connectivity index (χ4v) is 5.19. The summed E-state index contributed by atoms with van der Waals surface area (Å²) in [5, 5.41) is 3.01. The molecule has 3 N–H and O–H groups in total. The minimum absolute atomic E-state index is 0.0877. The summed E-state index contributed by atoms with van der Waals surface area (Å²) >= 11 is 1.70. The molecule has 0 fully saturated rings. The smallest absolute Gasteiger partial charge is 0.265 e. The molecule has 0 unspecified atom stereocenters. The number of ether oxygens (including phenoxy) is 1. The number of nitrogens with zero attached hydrogens (tertiary/aromatic N) is 2. The quantitative estimate of drug-likeness (QED) is 0.128. The second-order valence-electron chi connectivity index (χ2n) is 8.87. The van der Waals surface area contributed by atoms with E-state index < -0.39 is 0 Å². The lowest BCUT2D eigenvalue weighted by atomic mass is 10.1. The zero-order valence-electron chi connectivity index (χ0n) is 21.4. The molecule has 5 rings (SSSR count). The number of anilines is 1. The predicted molar refractivity (Wildman–Crippen MR) is 156 cm³/mol. The Labute approximate surface area is 230 Å². The molecule has 1 amide bonds. The van der Waals surface area contributed by atoms with Crippen LogP contribution < -0.4 is 16.2 Å². The number of rotatable bonds is 10. The van der Waals surface area contributed by atoms with E-state index in [9.17, 15) is 9.18 Å². The number of aromatic nitrogens is 1. The molecule has 4 aromatic rings. The molecule has 0 bridgehead atoms. The van der Waals surface area contributed by atoms with Gasteiger partial charge in [-0.1, -0.05) is 36.4 Å². The van der Waals surface area contributed by atoms with Crippen LogP contribution in [-0.2, 0) is 4.74 Å². The highest BCUT2D eigenvalue weighted by atomic mass is 32.1. The summed E-state index contributed by atoms with van der Waals surface area (Å²) in [7, 11) is 2.02. The number of fused-ring (bicyclic) bond motifs is 1. The Morgan fingerprint density at radius 1 is 1.10 bits per heavy atom. The number of halogens is 1. The van der Waals surface area contributed by atoms with Crippen molar-refractivity contribution in [2.75, 3.05) is 25.8 Å². The van der Waals surface area contributed by atoms with Crippen molar-refractivity contribution in [2.24, 2.45) is 0 Å². The fraction of sp³-hybridized carbons (Fsp3) is 0.133. The standard InChI is InChI=1S/C30H28FN5O2S/c1-36-15-5-8-24(18-36)28-17-27-29(39-28)22(13-14-32-27)10-9-21-11-12-25(16-26(21)31)33-19-38-20-34-35-30(37)23-6-3-2-4-7-23/h2-7,9-18,33-34H,8,19-20H2,1H3,(H,35,37)/b10-9-. The van der Waals surface area contributed by atoms with E-state index >= 15 is 0 Å². The van der Waals surface area contributed by atoms with E-state index in [1.807, 2.05) is 30.2 Å². The summed E-state index contributed by atoms with van der Waals surface area (Å²) in [6, 6.07) is 17.9. The van der Waals surface area contributed by atoms with E-state index in [0.29, 0.717) is 16.8 Å². The van der Waals surface area contributed by atoms with Crippen LogP contribution in [0.1, 0.15) is 32.8 Å². The summed E-state index contributed by atoms with van der Waals surface area (Å²) in [6.07, 6.45) is 12.7. The highest BCUT2D eigenvalue weighted by Crippen LogP contribution is 2.35. The first-order valence-electron chi connectivity index (χ1n) is 12.4. The number of thiophene rings is 1. The molecule has 1 aliphatic rings. The molecular formula is C30H28FN5O2S. The van der Waals surface area contributed by atoms with Crippen LogP contribution in [0.25, 0.3) is 27.9 Å². The van der Waals surface area contributed by atoms with Gasteiger partial charge in [-0.3, -0.25) is 15.2 Å². The summed E-state index contributed by atoms with van der Waals surface area (Å²) in [5.41, 5.74) is 10.1. The summed E-state index contributed by atoms with van der Waals surface area (Å²) in [6.45, 7) is 0.227. The second kappa shape index (κ2) is 12.5. The highest BCUT2D eigenvalue weighted by molar-refractivity contribution is 7.20. The van der Waals surface area contributed by atoms with Crippen LogP contribution in [0.3, 0.4) is 0 Å². The number of hydrogen-bond donors (Lipinski definition) is 3.